The summed E-state index contributed by atoms with van der Waals surface area (Å²) < 4.78 is 15.7. The fourth-order valence-corrected chi connectivity index (χ4v) is 3.83. The van der Waals surface area contributed by atoms with Gasteiger partial charge in [-0.3, -0.25) is 19.4 Å². The molecule has 4 N–H and O–H groups in total. The van der Waals surface area contributed by atoms with Crippen LogP contribution in [0.3, 0.4) is 0 Å². The highest BCUT2D eigenvalue weighted by Crippen LogP contribution is 2.20. The molecule has 12 nitrogen and oxygen atoms in total. The topological polar surface area (TPSA) is 162 Å². The van der Waals surface area contributed by atoms with Gasteiger partial charge in [0.15, 0.2) is 5.82 Å². The van der Waals surface area contributed by atoms with Crippen LogP contribution in [0.4, 0.5) is 14.9 Å². The van der Waals surface area contributed by atoms with E-state index in [0.29, 0.717) is 23.5 Å². The predicted octanol–water partition coefficient (Wildman–Crippen LogP) is 2.50. The van der Waals surface area contributed by atoms with E-state index in [1.807, 2.05) is 13.8 Å². The van der Waals surface area contributed by atoms with Crippen molar-refractivity contribution in [3.8, 4) is 0 Å². The summed E-state index contributed by atoms with van der Waals surface area (Å²) in [4.78, 5) is 61.7. The average molecular weight is 542 g/mol. The lowest BCUT2D eigenvalue weighted by Gasteiger charge is -2.16. The van der Waals surface area contributed by atoms with Gasteiger partial charge in [0.05, 0.1) is 18.4 Å². The number of likely N-dealkylation sites (N-methyl/N-ethyl adjacent to an activating group) is 1. The number of H-pyrrole nitrogens is 1. The first-order valence-electron chi connectivity index (χ1n) is 12.4. The Morgan fingerprint density at radius 2 is 2.03 bits per heavy atom. The minimum atomic E-state index is -1.41. The smallest absolute Gasteiger partial charge is 0.405 e. The van der Waals surface area contributed by atoms with Crippen molar-refractivity contribution in [1.29, 1.82) is 0 Å². The highest BCUT2D eigenvalue weighted by Gasteiger charge is 2.21. The maximum atomic E-state index is 14.4. The summed E-state index contributed by atoms with van der Waals surface area (Å²) in [5.74, 6) is -0.911. The number of allylic oxidation sites excluding steroid dienone is 1. The number of nitrogens with zero attached hydrogens (tertiary/aromatic N) is 4. The van der Waals surface area contributed by atoms with Gasteiger partial charge in [0.25, 0.3) is 5.56 Å². The first kappa shape index (κ1) is 29.0. The number of imidazole rings is 1. The minimum Gasteiger partial charge on any atom is -0.465 e. The Morgan fingerprint density at radius 3 is 2.69 bits per heavy atom. The molecule has 0 saturated carbocycles. The van der Waals surface area contributed by atoms with Gasteiger partial charge in [0.1, 0.15) is 28.6 Å². The van der Waals surface area contributed by atoms with E-state index in [1.54, 1.807) is 26.2 Å². The number of nitrogens with one attached hydrogen (secondary N) is 3. The molecule has 3 rings (SSSR count). The van der Waals surface area contributed by atoms with Crippen LogP contribution in [0, 0.1) is 11.7 Å². The molecule has 208 valence electrons. The summed E-state index contributed by atoms with van der Waals surface area (Å²) in [5, 5.41) is 13.8. The third-order valence-electron chi connectivity index (χ3n) is 5.74. The van der Waals surface area contributed by atoms with E-state index in [4.69, 9.17) is 5.11 Å². The largest absolute Gasteiger partial charge is 0.465 e. The molecule has 0 radical (unpaired) electrons. The van der Waals surface area contributed by atoms with Crippen LogP contribution in [0.2, 0.25) is 0 Å². The number of halogens is 1. The number of anilines is 1. The molecule has 3 aromatic rings. The van der Waals surface area contributed by atoms with Gasteiger partial charge < -0.3 is 30.2 Å². The molecular weight excluding hydrogens is 509 g/mol. The van der Waals surface area contributed by atoms with Crippen LogP contribution >= 0.6 is 0 Å². The number of carbonyl (C=O) groups is 3. The zero-order valence-electron chi connectivity index (χ0n) is 22.2. The quantitative estimate of drug-likeness (QED) is 0.271. The van der Waals surface area contributed by atoms with E-state index in [2.05, 4.69) is 25.6 Å². The number of carbonyl (C=O) groups excluding carboxylic acids is 2. The molecule has 13 heteroatoms. The molecule has 1 unspecified atom stereocenters. The highest BCUT2D eigenvalue weighted by atomic mass is 19.1. The highest BCUT2D eigenvalue weighted by molar-refractivity contribution is 5.96. The zero-order chi connectivity index (χ0) is 28.7. The Labute approximate surface area is 223 Å². The summed E-state index contributed by atoms with van der Waals surface area (Å²) in [6, 6.07) is 1.77. The third-order valence-corrected chi connectivity index (χ3v) is 5.74. The van der Waals surface area contributed by atoms with Crippen molar-refractivity contribution < 1.29 is 23.9 Å². The minimum absolute atomic E-state index is 0.0285. The van der Waals surface area contributed by atoms with Crippen LogP contribution in [0.25, 0.3) is 11.0 Å². The third kappa shape index (κ3) is 7.72. The summed E-state index contributed by atoms with van der Waals surface area (Å²) in [7, 11) is 3.19. The van der Waals surface area contributed by atoms with E-state index in [9.17, 15) is 23.6 Å². The molecule has 3 heterocycles. The lowest BCUT2D eigenvalue weighted by molar-refractivity contribution is -0.123. The molecule has 0 aliphatic rings. The first-order chi connectivity index (χ1) is 18.5. The number of aromatic amines is 1. The Morgan fingerprint density at radius 1 is 1.28 bits per heavy atom. The van der Waals surface area contributed by atoms with Crippen molar-refractivity contribution in [2.24, 2.45) is 5.92 Å². The van der Waals surface area contributed by atoms with Crippen LogP contribution in [0.1, 0.15) is 38.2 Å². The molecule has 3 aromatic heterocycles. The van der Waals surface area contributed by atoms with Crippen LogP contribution in [-0.4, -0.2) is 67.6 Å². The first-order valence-corrected chi connectivity index (χ1v) is 12.4. The van der Waals surface area contributed by atoms with Gasteiger partial charge in [0, 0.05) is 20.3 Å². The van der Waals surface area contributed by atoms with Crippen LogP contribution < -0.4 is 16.2 Å². The Balaban J connectivity index is 1.77. The van der Waals surface area contributed by atoms with Gasteiger partial charge in [-0.1, -0.05) is 19.9 Å². The summed E-state index contributed by atoms with van der Waals surface area (Å²) >= 11 is 0. The average Bonchev–Trinajstić information content (AvgIpc) is 3.29. The molecule has 0 aliphatic heterocycles. The van der Waals surface area contributed by atoms with Gasteiger partial charge >= 0.3 is 6.09 Å². The molecular formula is C26H32FN7O5. The van der Waals surface area contributed by atoms with Crippen molar-refractivity contribution in [1.82, 2.24) is 29.7 Å². The molecule has 0 spiro atoms. The maximum Gasteiger partial charge on any atom is 0.405 e. The van der Waals surface area contributed by atoms with E-state index in [0.717, 1.165) is 6.20 Å². The number of fused-ring (bicyclic) bond motifs is 1. The van der Waals surface area contributed by atoms with Crippen molar-refractivity contribution >= 4 is 34.6 Å². The maximum absolute atomic E-state index is 14.4. The zero-order valence-corrected chi connectivity index (χ0v) is 22.2. The van der Waals surface area contributed by atoms with Crippen molar-refractivity contribution in [2.75, 3.05) is 19.4 Å². The lowest BCUT2D eigenvalue weighted by atomic mass is 10.1. The Bertz CT molecular complexity index is 1440. The number of hydrogen-bond donors (Lipinski definition) is 4. The van der Waals surface area contributed by atoms with Crippen molar-refractivity contribution in [2.45, 2.75) is 45.7 Å². The number of carboxylic acid groups (broad SMARTS) is 1. The van der Waals surface area contributed by atoms with E-state index in [1.165, 1.54) is 27.8 Å². The molecule has 1 atom stereocenters. The molecule has 0 fully saturated rings. The Hall–Kier alpha value is -4.55. The lowest BCUT2D eigenvalue weighted by Crippen LogP contribution is -2.44. The van der Waals surface area contributed by atoms with E-state index in [-0.39, 0.29) is 42.4 Å². The molecule has 0 aliphatic carbocycles. The SMILES string of the molecule is CC(C)Cc1ncc(F)c2[nH]c(Cn3cccc(NC(=O)C(CC/C=C/C(=O)N(C)C)NC(=O)O)c3=O)nc12. The summed E-state index contributed by atoms with van der Waals surface area (Å²) in [6.45, 7) is 4.01. The monoisotopic (exact) mass is 541 g/mol. The number of aromatic nitrogens is 4. The molecule has 3 amide bonds. The standard InChI is InChI=1S/C26H32FN7O5/c1-15(2)12-19-23-22(16(27)13-28-19)31-20(32-23)14-34-11-7-9-18(25(34)37)29-24(36)17(30-26(38)39)8-5-6-10-21(35)33(3)4/h6-7,9-11,13,15,17,30H,5,8,12,14H2,1-4H3,(H,29,36)(H,31,32)(H,38,39)/b10-6+. The van der Waals surface area contributed by atoms with Gasteiger partial charge in [-0.15, -0.1) is 0 Å². The van der Waals surface area contributed by atoms with Crippen LogP contribution in [0.5, 0.6) is 0 Å². The van der Waals surface area contributed by atoms with Gasteiger partial charge in [0.2, 0.25) is 11.8 Å². The number of rotatable bonds is 11. The summed E-state index contributed by atoms with van der Waals surface area (Å²) in [5.41, 5.74) is 0.632. The predicted molar refractivity (Wildman–Crippen MR) is 143 cm³/mol. The second-order valence-corrected chi connectivity index (χ2v) is 9.62. The Kier molecular flexibility index (Phi) is 9.52. The van der Waals surface area contributed by atoms with Crippen LogP contribution in [0.15, 0.2) is 41.5 Å². The summed E-state index contributed by atoms with van der Waals surface area (Å²) in [6.07, 6.45) is 5.02. The number of pyridine rings is 2. The van der Waals surface area contributed by atoms with Crippen LogP contribution in [-0.2, 0) is 22.6 Å². The van der Waals surface area contributed by atoms with Crippen molar-refractivity contribution in [3.05, 3.63) is 64.4 Å². The molecule has 39 heavy (non-hydrogen) atoms. The molecule has 0 aromatic carbocycles. The second-order valence-electron chi connectivity index (χ2n) is 9.62. The van der Waals surface area contributed by atoms with E-state index < -0.39 is 29.4 Å². The van der Waals surface area contributed by atoms with Gasteiger partial charge in [-0.05, 0) is 43.4 Å². The fourth-order valence-electron chi connectivity index (χ4n) is 3.83. The van der Waals surface area contributed by atoms with Gasteiger partial charge in [-0.2, -0.15) is 0 Å². The van der Waals surface area contributed by atoms with E-state index >= 15 is 0 Å². The normalized spacial score (nSPS) is 12.2. The second kappa shape index (κ2) is 12.8. The fraction of sp³-hybridized carbons (Fsp3) is 0.385. The van der Waals surface area contributed by atoms with Crippen molar-refractivity contribution in [3.63, 3.8) is 0 Å². The van der Waals surface area contributed by atoms with Gasteiger partial charge in [-0.25, -0.2) is 14.2 Å². The molecule has 0 saturated heterocycles. The number of amides is 3. The molecule has 0 bridgehead atoms. The number of hydrogen-bond acceptors (Lipinski definition) is 6.